The molecule has 3 aromatic rings. The van der Waals surface area contributed by atoms with Crippen LogP contribution in [0.3, 0.4) is 0 Å². The maximum atomic E-state index is 12.3. The van der Waals surface area contributed by atoms with E-state index in [1.54, 1.807) is 30.5 Å². The van der Waals surface area contributed by atoms with Gasteiger partial charge < -0.3 is 20.8 Å². The number of Topliss-reactive ketones (excluding diaryl/α,β-unsaturated/α-hetero) is 1. The van der Waals surface area contributed by atoms with Crippen molar-refractivity contribution in [1.29, 1.82) is 0 Å². The lowest BCUT2D eigenvalue weighted by atomic mass is 10.1. The molecule has 0 radical (unpaired) electrons. The van der Waals surface area contributed by atoms with Gasteiger partial charge in [-0.3, -0.25) is 9.59 Å². The van der Waals surface area contributed by atoms with E-state index >= 15 is 0 Å². The quantitative estimate of drug-likeness (QED) is 0.397. The number of rotatable bonds is 8. The van der Waals surface area contributed by atoms with Crippen molar-refractivity contribution in [2.75, 3.05) is 11.9 Å². The van der Waals surface area contributed by atoms with Crippen LogP contribution in [-0.4, -0.2) is 45.6 Å². The molecule has 7 heteroatoms. The van der Waals surface area contributed by atoms with Crippen molar-refractivity contribution in [3.63, 3.8) is 0 Å². The van der Waals surface area contributed by atoms with Gasteiger partial charge in [-0.05, 0) is 48.9 Å². The molecule has 0 spiro atoms. The van der Waals surface area contributed by atoms with Crippen LogP contribution in [0.1, 0.15) is 34.0 Å². The molecule has 33 heavy (non-hydrogen) atoms. The third-order valence-corrected chi connectivity index (χ3v) is 4.85. The largest absolute Gasteiger partial charge is 0.391 e. The lowest BCUT2D eigenvalue weighted by Crippen LogP contribution is -2.48. The first kappa shape index (κ1) is 23.7. The van der Waals surface area contributed by atoms with Crippen LogP contribution in [0, 0.1) is 11.8 Å². The standard InChI is InChI=1S/C26H25N3O4/c1-18(31)25(23(32)17-30)29-26(33)22-12-9-19(10-13-22)7-8-21-11-14-24(28-16-21)27-15-20-5-3-2-4-6-20/h2-6,9-14,16,18,25,30-31H,15,17H2,1H3,(H,27,28)(H,29,33)/t18-,25+/m1/s1. The van der Waals surface area contributed by atoms with E-state index < -0.39 is 30.4 Å². The highest BCUT2D eigenvalue weighted by atomic mass is 16.3. The second-order valence-corrected chi connectivity index (χ2v) is 7.41. The molecule has 2 atom stereocenters. The van der Waals surface area contributed by atoms with E-state index in [1.807, 2.05) is 42.5 Å². The lowest BCUT2D eigenvalue weighted by Gasteiger charge is -2.19. The molecule has 0 aliphatic carbocycles. The number of pyridine rings is 1. The van der Waals surface area contributed by atoms with Gasteiger partial charge in [0.15, 0.2) is 5.78 Å². The van der Waals surface area contributed by atoms with E-state index in [2.05, 4.69) is 27.5 Å². The maximum Gasteiger partial charge on any atom is 0.251 e. The summed E-state index contributed by atoms with van der Waals surface area (Å²) in [6.07, 6.45) is 0.573. The Kier molecular flexibility index (Phi) is 8.30. The number of hydrogen-bond donors (Lipinski definition) is 4. The predicted molar refractivity (Wildman–Crippen MR) is 125 cm³/mol. The van der Waals surface area contributed by atoms with Crippen molar-refractivity contribution in [2.24, 2.45) is 0 Å². The number of carbonyl (C=O) groups excluding carboxylic acids is 2. The second-order valence-electron chi connectivity index (χ2n) is 7.41. The Morgan fingerprint density at radius 3 is 2.24 bits per heavy atom. The summed E-state index contributed by atoms with van der Waals surface area (Å²) < 4.78 is 0. The molecule has 0 fully saturated rings. The zero-order chi connectivity index (χ0) is 23.6. The molecular formula is C26H25N3O4. The number of aliphatic hydroxyl groups excluding tert-OH is 2. The highest BCUT2D eigenvalue weighted by Crippen LogP contribution is 2.09. The summed E-state index contributed by atoms with van der Waals surface area (Å²) >= 11 is 0. The highest BCUT2D eigenvalue weighted by molar-refractivity contribution is 5.98. The van der Waals surface area contributed by atoms with E-state index in [4.69, 9.17) is 5.11 Å². The third-order valence-electron chi connectivity index (χ3n) is 4.85. The van der Waals surface area contributed by atoms with Gasteiger partial charge in [0, 0.05) is 29.4 Å². The SMILES string of the molecule is C[C@@H](O)[C@H](NC(=O)c1ccc(C#Cc2ccc(NCc3ccccc3)nc2)cc1)C(=O)CO. The molecule has 4 N–H and O–H groups in total. The smallest absolute Gasteiger partial charge is 0.251 e. The van der Waals surface area contributed by atoms with Crippen LogP contribution in [0.25, 0.3) is 0 Å². The molecule has 0 saturated carbocycles. The Hall–Kier alpha value is -3.99. The Balaban J connectivity index is 1.58. The van der Waals surface area contributed by atoms with E-state index in [0.29, 0.717) is 17.7 Å². The highest BCUT2D eigenvalue weighted by Gasteiger charge is 2.25. The molecule has 0 saturated heterocycles. The molecule has 2 aromatic carbocycles. The van der Waals surface area contributed by atoms with Gasteiger partial charge >= 0.3 is 0 Å². The number of nitrogens with one attached hydrogen (secondary N) is 2. The minimum Gasteiger partial charge on any atom is -0.391 e. The van der Waals surface area contributed by atoms with E-state index in [-0.39, 0.29) is 0 Å². The van der Waals surface area contributed by atoms with Crippen molar-refractivity contribution in [1.82, 2.24) is 10.3 Å². The molecule has 3 rings (SSSR count). The fourth-order valence-electron chi connectivity index (χ4n) is 3.00. The number of amides is 1. The Morgan fingerprint density at radius 1 is 0.970 bits per heavy atom. The van der Waals surface area contributed by atoms with Crippen molar-refractivity contribution in [3.8, 4) is 11.8 Å². The topological polar surface area (TPSA) is 112 Å². The molecule has 0 bridgehead atoms. The summed E-state index contributed by atoms with van der Waals surface area (Å²) in [7, 11) is 0. The molecule has 0 aliphatic rings. The average Bonchev–Trinajstić information content (AvgIpc) is 2.85. The molecular weight excluding hydrogens is 418 g/mol. The Bertz CT molecular complexity index is 1130. The van der Waals surface area contributed by atoms with Crippen LogP contribution < -0.4 is 10.6 Å². The van der Waals surface area contributed by atoms with Crippen LogP contribution in [0.2, 0.25) is 0 Å². The van der Waals surface area contributed by atoms with Crippen molar-refractivity contribution >= 4 is 17.5 Å². The van der Waals surface area contributed by atoms with Crippen LogP contribution in [0.5, 0.6) is 0 Å². The number of hydrogen-bond acceptors (Lipinski definition) is 6. The number of nitrogens with zero attached hydrogens (tertiary/aromatic N) is 1. The van der Waals surface area contributed by atoms with Crippen LogP contribution in [0.4, 0.5) is 5.82 Å². The normalized spacial score (nSPS) is 12.1. The van der Waals surface area contributed by atoms with E-state index in [1.165, 1.54) is 12.5 Å². The van der Waals surface area contributed by atoms with Gasteiger partial charge in [-0.2, -0.15) is 0 Å². The van der Waals surface area contributed by atoms with Crippen molar-refractivity contribution in [3.05, 3.63) is 95.2 Å². The summed E-state index contributed by atoms with van der Waals surface area (Å²) in [6, 6.07) is 19.2. The number of aromatic nitrogens is 1. The van der Waals surface area contributed by atoms with Crippen LogP contribution in [0.15, 0.2) is 72.9 Å². The van der Waals surface area contributed by atoms with Gasteiger partial charge in [0.2, 0.25) is 0 Å². The summed E-state index contributed by atoms with van der Waals surface area (Å²) in [5.41, 5.74) is 2.94. The Labute approximate surface area is 192 Å². The molecule has 1 aromatic heterocycles. The zero-order valence-electron chi connectivity index (χ0n) is 18.2. The van der Waals surface area contributed by atoms with Gasteiger partial charge in [0.1, 0.15) is 18.5 Å². The number of benzene rings is 2. The number of carbonyl (C=O) groups is 2. The maximum absolute atomic E-state index is 12.3. The van der Waals surface area contributed by atoms with Gasteiger partial charge in [-0.25, -0.2) is 4.98 Å². The number of ketones is 1. The predicted octanol–water partition coefficient (Wildman–Crippen LogP) is 2.13. The molecule has 1 heterocycles. The van der Waals surface area contributed by atoms with Gasteiger partial charge in [-0.15, -0.1) is 0 Å². The second kappa shape index (κ2) is 11.6. The molecule has 168 valence electrons. The molecule has 1 amide bonds. The fourth-order valence-corrected chi connectivity index (χ4v) is 3.00. The van der Waals surface area contributed by atoms with Gasteiger partial charge in [-0.1, -0.05) is 42.2 Å². The summed E-state index contributed by atoms with van der Waals surface area (Å²) in [6.45, 7) is 1.30. The minimum atomic E-state index is -1.17. The summed E-state index contributed by atoms with van der Waals surface area (Å²) in [5, 5.41) is 24.3. The zero-order valence-corrected chi connectivity index (χ0v) is 18.2. The van der Waals surface area contributed by atoms with Crippen molar-refractivity contribution < 1.29 is 19.8 Å². The molecule has 7 nitrogen and oxygen atoms in total. The summed E-state index contributed by atoms with van der Waals surface area (Å²) in [4.78, 5) is 28.4. The first-order valence-electron chi connectivity index (χ1n) is 10.4. The average molecular weight is 444 g/mol. The first-order chi connectivity index (χ1) is 16.0. The third kappa shape index (κ3) is 7.01. The van der Waals surface area contributed by atoms with Crippen LogP contribution in [-0.2, 0) is 11.3 Å². The monoisotopic (exact) mass is 443 g/mol. The van der Waals surface area contributed by atoms with Crippen molar-refractivity contribution in [2.45, 2.75) is 25.6 Å². The lowest BCUT2D eigenvalue weighted by molar-refractivity contribution is -0.125. The van der Waals surface area contributed by atoms with E-state index in [9.17, 15) is 14.7 Å². The summed E-state index contributed by atoms with van der Waals surface area (Å²) in [5.74, 6) is 5.63. The van der Waals surface area contributed by atoms with Gasteiger partial charge in [0.25, 0.3) is 5.91 Å². The first-order valence-corrected chi connectivity index (χ1v) is 10.4. The number of anilines is 1. The molecule has 0 unspecified atom stereocenters. The minimum absolute atomic E-state index is 0.312. The van der Waals surface area contributed by atoms with Gasteiger partial charge in [0.05, 0.1) is 6.10 Å². The van der Waals surface area contributed by atoms with E-state index in [0.717, 1.165) is 11.4 Å². The number of aliphatic hydroxyl groups is 2. The fraction of sp³-hybridized carbons (Fsp3) is 0.192. The van der Waals surface area contributed by atoms with Crippen LogP contribution >= 0.6 is 0 Å². The Morgan fingerprint density at radius 2 is 1.64 bits per heavy atom. The molecule has 0 aliphatic heterocycles.